The quantitative estimate of drug-likeness (QED) is 0.118. The number of methoxy groups -OCH3 is 2. The van der Waals surface area contributed by atoms with Gasteiger partial charge in [-0.05, 0) is 61.4 Å². The van der Waals surface area contributed by atoms with Gasteiger partial charge in [0.1, 0.15) is 11.7 Å². The van der Waals surface area contributed by atoms with Crippen LogP contribution in [-0.2, 0) is 35.3 Å². The van der Waals surface area contributed by atoms with E-state index in [1.807, 2.05) is 30.3 Å². The highest BCUT2D eigenvalue weighted by Crippen LogP contribution is 2.44. The van der Waals surface area contributed by atoms with Gasteiger partial charge in [0.2, 0.25) is 29.5 Å². The van der Waals surface area contributed by atoms with Gasteiger partial charge in [0.25, 0.3) is 0 Å². The number of hydrogen-bond acceptors (Lipinski definition) is 10. The molecule has 16 heteroatoms. The van der Waals surface area contributed by atoms with E-state index in [4.69, 9.17) is 30.8 Å². The third-order valence-electron chi connectivity index (χ3n) is 10.4. The number of hydrogen-bond donors (Lipinski definition) is 4. The van der Waals surface area contributed by atoms with E-state index < -0.39 is 23.7 Å². The molecule has 2 fully saturated rings. The van der Waals surface area contributed by atoms with E-state index in [1.165, 1.54) is 7.11 Å². The molecule has 2 aliphatic heterocycles. The van der Waals surface area contributed by atoms with Crippen LogP contribution in [0.3, 0.4) is 0 Å². The molecule has 1 aromatic carbocycles. The summed E-state index contributed by atoms with van der Waals surface area (Å²) in [5.41, 5.74) is 4.14. The van der Waals surface area contributed by atoms with Crippen molar-refractivity contribution in [3.05, 3.63) is 81.5 Å². The van der Waals surface area contributed by atoms with Crippen LogP contribution in [0, 0.1) is 0 Å². The molecule has 3 atom stereocenters. The van der Waals surface area contributed by atoms with Crippen molar-refractivity contribution < 1.29 is 37.0 Å². The molecule has 0 bridgehead atoms. The number of benzene rings is 1. The Labute approximate surface area is 327 Å². The topological polar surface area (TPSA) is 149 Å². The molecule has 0 saturated carbocycles. The zero-order valence-corrected chi connectivity index (χ0v) is 31.8. The van der Waals surface area contributed by atoms with Crippen LogP contribution in [0.4, 0.5) is 13.2 Å². The van der Waals surface area contributed by atoms with Crippen LogP contribution in [0.2, 0.25) is 5.02 Å². The highest BCUT2D eigenvalue weighted by Gasteiger charge is 2.38. The minimum Gasteiger partial charge on any atom is -0.481 e. The Hall–Kier alpha value is -4.99. The molecular formula is C40H43ClF3N7O5. The summed E-state index contributed by atoms with van der Waals surface area (Å²) in [7, 11) is 2.90. The fourth-order valence-corrected chi connectivity index (χ4v) is 7.90. The zero-order valence-electron chi connectivity index (χ0n) is 31.0. The second-order valence-corrected chi connectivity index (χ2v) is 14.5. The number of fused-ring (bicyclic) bond motifs is 1. The van der Waals surface area contributed by atoms with E-state index in [9.17, 15) is 22.8 Å². The van der Waals surface area contributed by atoms with Gasteiger partial charge in [0, 0.05) is 79.6 Å². The average molecular weight is 794 g/mol. The molecular weight excluding hydrogens is 751 g/mol. The summed E-state index contributed by atoms with van der Waals surface area (Å²) in [6, 6.07) is 12.2. The molecule has 3 aliphatic rings. The first kappa shape index (κ1) is 39.3. The normalized spacial score (nSPS) is 19.4. The fraction of sp³-hybridized carbons (Fsp3) is 0.425. The molecule has 1 aliphatic carbocycles. The Kier molecular flexibility index (Phi) is 11.9. The van der Waals surface area contributed by atoms with Gasteiger partial charge in [-0.3, -0.25) is 14.6 Å². The molecule has 0 radical (unpaired) electrons. The Morgan fingerprint density at radius 3 is 2.14 bits per heavy atom. The molecule has 3 aromatic heterocycles. The number of amides is 2. The first-order valence-electron chi connectivity index (χ1n) is 18.6. The first-order valence-corrected chi connectivity index (χ1v) is 19.0. The summed E-state index contributed by atoms with van der Waals surface area (Å²) in [4.78, 5) is 36.7. The van der Waals surface area contributed by atoms with Crippen LogP contribution in [0.5, 0.6) is 17.6 Å². The molecule has 7 rings (SSSR count). The second-order valence-electron chi connectivity index (χ2n) is 14.1. The number of nitrogens with zero attached hydrogens (tertiary/aromatic N) is 3. The lowest BCUT2D eigenvalue weighted by molar-refractivity contribution is -0.140. The SMILES string of the molecule is COc1nc(-c2ccnc(-c3cccc4c3CCC[C@@H]4Oc3nc(OC)c(CNC[C@H]4CCC(=O)N4)cc3C(F)(F)F)c2Cl)ccc1CNC[C@H]1CCC(=O)N1. The van der Waals surface area contributed by atoms with E-state index in [-0.39, 0.29) is 41.9 Å². The van der Waals surface area contributed by atoms with Crippen molar-refractivity contribution in [2.75, 3.05) is 27.3 Å². The number of nitrogens with one attached hydrogen (secondary N) is 4. The molecule has 5 heterocycles. The van der Waals surface area contributed by atoms with Crippen molar-refractivity contribution in [1.82, 2.24) is 36.2 Å². The fourth-order valence-electron chi connectivity index (χ4n) is 7.59. The van der Waals surface area contributed by atoms with Crippen LogP contribution < -0.4 is 35.5 Å². The monoisotopic (exact) mass is 793 g/mol. The second kappa shape index (κ2) is 17.0. The van der Waals surface area contributed by atoms with Gasteiger partial charge in [-0.2, -0.15) is 18.2 Å². The van der Waals surface area contributed by atoms with Crippen molar-refractivity contribution in [2.24, 2.45) is 0 Å². The van der Waals surface area contributed by atoms with Gasteiger partial charge < -0.3 is 35.5 Å². The van der Waals surface area contributed by atoms with Gasteiger partial charge in [0.15, 0.2) is 0 Å². The maximum atomic E-state index is 14.5. The zero-order chi connectivity index (χ0) is 39.4. The largest absolute Gasteiger partial charge is 0.481 e. The first-order chi connectivity index (χ1) is 27.0. The lowest BCUT2D eigenvalue weighted by Crippen LogP contribution is -2.35. The van der Waals surface area contributed by atoms with Gasteiger partial charge in [-0.1, -0.05) is 35.9 Å². The molecule has 56 heavy (non-hydrogen) atoms. The number of carbonyl (C=O) groups is 2. The van der Waals surface area contributed by atoms with E-state index in [0.717, 1.165) is 34.7 Å². The van der Waals surface area contributed by atoms with Crippen molar-refractivity contribution in [2.45, 2.75) is 82.4 Å². The number of carbonyl (C=O) groups excluding carboxylic acids is 2. The minimum atomic E-state index is -4.75. The van der Waals surface area contributed by atoms with Crippen LogP contribution in [0.15, 0.2) is 48.7 Å². The summed E-state index contributed by atoms with van der Waals surface area (Å²) < 4.78 is 60.9. The minimum absolute atomic E-state index is 0.0159. The Morgan fingerprint density at radius 1 is 0.821 bits per heavy atom. The highest BCUT2D eigenvalue weighted by molar-refractivity contribution is 6.35. The number of ether oxygens (including phenoxy) is 3. The van der Waals surface area contributed by atoms with Crippen molar-refractivity contribution >= 4 is 23.4 Å². The van der Waals surface area contributed by atoms with Crippen LogP contribution in [-0.4, -0.2) is 66.2 Å². The number of pyridine rings is 3. The number of halogens is 4. The predicted octanol–water partition coefficient (Wildman–Crippen LogP) is 6.09. The Bertz CT molecular complexity index is 2100. The Balaban J connectivity index is 1.12. The number of alkyl halides is 3. The van der Waals surface area contributed by atoms with Crippen LogP contribution >= 0.6 is 11.6 Å². The Morgan fingerprint density at radius 2 is 1.50 bits per heavy atom. The summed E-state index contributed by atoms with van der Waals surface area (Å²) in [5, 5.41) is 12.6. The maximum Gasteiger partial charge on any atom is 0.421 e. The summed E-state index contributed by atoms with van der Waals surface area (Å²) in [6.07, 6.45) is 0.337. The smallest absolute Gasteiger partial charge is 0.421 e. The third-order valence-corrected chi connectivity index (χ3v) is 10.7. The molecule has 2 amide bonds. The van der Waals surface area contributed by atoms with E-state index in [2.05, 4.69) is 31.2 Å². The number of aromatic nitrogens is 3. The van der Waals surface area contributed by atoms with Gasteiger partial charge in [-0.15, -0.1) is 0 Å². The lowest BCUT2D eigenvalue weighted by Gasteiger charge is -2.29. The summed E-state index contributed by atoms with van der Waals surface area (Å²) in [6.45, 7) is 1.58. The van der Waals surface area contributed by atoms with Crippen molar-refractivity contribution in [3.8, 4) is 40.2 Å². The third kappa shape index (κ3) is 8.69. The van der Waals surface area contributed by atoms with Crippen LogP contribution in [0.1, 0.15) is 72.4 Å². The van der Waals surface area contributed by atoms with Crippen molar-refractivity contribution in [3.63, 3.8) is 0 Å². The van der Waals surface area contributed by atoms with Crippen molar-refractivity contribution in [1.29, 1.82) is 0 Å². The van der Waals surface area contributed by atoms with E-state index in [1.54, 1.807) is 19.4 Å². The predicted molar refractivity (Wildman–Crippen MR) is 202 cm³/mol. The lowest BCUT2D eigenvalue weighted by atomic mass is 9.85. The van der Waals surface area contributed by atoms with Gasteiger partial charge in [-0.25, -0.2) is 4.98 Å². The molecule has 0 spiro atoms. The van der Waals surface area contributed by atoms with E-state index in [0.29, 0.717) is 86.0 Å². The van der Waals surface area contributed by atoms with Gasteiger partial charge >= 0.3 is 6.18 Å². The van der Waals surface area contributed by atoms with E-state index >= 15 is 0 Å². The molecule has 4 N–H and O–H groups in total. The maximum absolute atomic E-state index is 14.5. The molecule has 0 unspecified atom stereocenters. The average Bonchev–Trinajstić information content (AvgIpc) is 3.81. The van der Waals surface area contributed by atoms with Crippen LogP contribution in [0.25, 0.3) is 22.5 Å². The van der Waals surface area contributed by atoms with Gasteiger partial charge in [0.05, 0.1) is 30.6 Å². The molecule has 296 valence electrons. The standard InChI is InChI=1S/C40H43ClF3N7O5/c1-54-37-22(18-45-20-24-10-13-33(52)48-24)9-12-31(50-37)29-15-16-47-36(35(29)41)28-7-3-6-27-26(28)5-4-8-32(27)56-39-30(40(42,43)44)17-23(38(51-39)55-2)19-46-21-25-11-14-34(53)49-25/h3,6-7,9,12,15-17,24-25,32,45-46H,4-5,8,10-11,13-14,18-21H2,1-2H3,(H,48,52)(H,49,53)/t24-,25-,32+/m1/s1. The summed E-state index contributed by atoms with van der Waals surface area (Å²) in [5.74, 6) is -0.0899. The molecule has 2 saturated heterocycles. The highest BCUT2D eigenvalue weighted by atomic mass is 35.5. The molecule has 4 aromatic rings. The number of rotatable bonds is 14. The molecule has 12 nitrogen and oxygen atoms in total. The summed E-state index contributed by atoms with van der Waals surface area (Å²) >= 11 is 7.09.